The summed E-state index contributed by atoms with van der Waals surface area (Å²) in [6.07, 6.45) is 0.466. The zero-order valence-electron chi connectivity index (χ0n) is 14.6. The van der Waals surface area contributed by atoms with Gasteiger partial charge in [-0.3, -0.25) is 9.59 Å². The maximum atomic E-state index is 13.1. The van der Waals surface area contributed by atoms with Crippen LogP contribution in [0.3, 0.4) is 0 Å². The Morgan fingerprint density at radius 1 is 0.962 bits per heavy atom. The Kier molecular flexibility index (Phi) is 6.97. The van der Waals surface area contributed by atoms with Crippen LogP contribution in [-0.4, -0.2) is 18.4 Å². The molecule has 2 amide bonds. The fraction of sp³-hybridized carbons (Fsp3) is 0.263. The van der Waals surface area contributed by atoms with E-state index in [4.69, 9.17) is 11.6 Å². The van der Waals surface area contributed by atoms with Gasteiger partial charge in [-0.05, 0) is 48.4 Å². The van der Waals surface area contributed by atoms with Crippen molar-refractivity contribution in [2.75, 3.05) is 22.5 Å². The molecule has 2 aromatic carbocycles. The minimum atomic E-state index is -0.539. The highest BCUT2D eigenvalue weighted by Gasteiger charge is 2.07. The highest BCUT2D eigenvalue weighted by atomic mass is 35.5. The van der Waals surface area contributed by atoms with Crippen LogP contribution in [0.2, 0.25) is 5.02 Å². The predicted molar refractivity (Wildman–Crippen MR) is 103 cm³/mol. The summed E-state index contributed by atoms with van der Waals surface area (Å²) >= 11 is 5.68. The molecule has 5 nitrogen and oxygen atoms in total. The van der Waals surface area contributed by atoms with Gasteiger partial charge in [0, 0.05) is 23.5 Å². The van der Waals surface area contributed by atoms with Crippen LogP contribution < -0.4 is 16.0 Å². The van der Waals surface area contributed by atoms with Crippen molar-refractivity contribution in [1.82, 2.24) is 0 Å². The Balaban J connectivity index is 1.82. The van der Waals surface area contributed by atoms with E-state index in [1.54, 1.807) is 24.3 Å². The van der Waals surface area contributed by atoms with Crippen molar-refractivity contribution in [3.63, 3.8) is 0 Å². The number of benzene rings is 2. The minimum Gasteiger partial charge on any atom is -0.376 e. The normalized spacial score (nSPS) is 10.5. The van der Waals surface area contributed by atoms with Crippen molar-refractivity contribution in [2.24, 2.45) is 5.92 Å². The first-order chi connectivity index (χ1) is 12.3. The van der Waals surface area contributed by atoms with Gasteiger partial charge in [-0.25, -0.2) is 4.39 Å². The fourth-order valence-corrected chi connectivity index (χ4v) is 2.40. The second-order valence-electron chi connectivity index (χ2n) is 6.25. The van der Waals surface area contributed by atoms with Gasteiger partial charge in [0.05, 0.1) is 11.6 Å². The zero-order chi connectivity index (χ0) is 19.1. The molecule has 0 unspecified atom stereocenters. The molecule has 0 saturated heterocycles. The summed E-state index contributed by atoms with van der Waals surface area (Å²) in [4.78, 5) is 23.7. The third kappa shape index (κ3) is 6.37. The first-order valence-corrected chi connectivity index (χ1v) is 8.60. The maximum Gasteiger partial charge on any atom is 0.243 e. The number of rotatable bonds is 7. The Morgan fingerprint density at radius 2 is 1.54 bits per heavy atom. The van der Waals surface area contributed by atoms with E-state index in [2.05, 4.69) is 16.0 Å². The van der Waals surface area contributed by atoms with Gasteiger partial charge in [-0.2, -0.15) is 0 Å². The summed E-state index contributed by atoms with van der Waals surface area (Å²) < 4.78 is 13.1. The van der Waals surface area contributed by atoms with Crippen LogP contribution >= 0.6 is 11.6 Å². The molecule has 0 bridgehead atoms. The van der Waals surface area contributed by atoms with E-state index in [0.717, 1.165) is 5.69 Å². The monoisotopic (exact) mass is 377 g/mol. The fourth-order valence-electron chi connectivity index (χ4n) is 2.22. The number of hydrogen-bond acceptors (Lipinski definition) is 3. The molecule has 0 aromatic heterocycles. The molecule has 3 N–H and O–H groups in total. The standard InChI is InChI=1S/C19H21ClFN3O2/c1-12(2)9-18(25)23-14-5-3-13(4-6-14)22-11-19(26)24-15-7-8-17(21)16(20)10-15/h3-8,10,12,22H,9,11H2,1-2H3,(H,23,25)(H,24,26). The summed E-state index contributed by atoms with van der Waals surface area (Å²) in [5.74, 6) is -0.561. The zero-order valence-corrected chi connectivity index (χ0v) is 15.4. The summed E-state index contributed by atoms with van der Waals surface area (Å²) in [6, 6.07) is 11.0. The first-order valence-electron chi connectivity index (χ1n) is 8.22. The first kappa shape index (κ1) is 19.7. The van der Waals surface area contributed by atoms with Crippen molar-refractivity contribution in [1.29, 1.82) is 0 Å². The molecule has 0 saturated carbocycles. The Labute approximate surface area is 156 Å². The Bertz CT molecular complexity index is 779. The van der Waals surface area contributed by atoms with E-state index >= 15 is 0 Å². The van der Waals surface area contributed by atoms with Crippen LogP contribution in [0, 0.1) is 11.7 Å². The number of anilines is 3. The molecule has 26 heavy (non-hydrogen) atoms. The van der Waals surface area contributed by atoms with Gasteiger partial charge in [-0.1, -0.05) is 25.4 Å². The lowest BCUT2D eigenvalue weighted by Crippen LogP contribution is -2.21. The Hall–Kier alpha value is -2.60. The lowest BCUT2D eigenvalue weighted by molar-refractivity contribution is -0.117. The van der Waals surface area contributed by atoms with Gasteiger partial charge in [0.15, 0.2) is 0 Å². The molecule has 2 rings (SSSR count). The van der Waals surface area contributed by atoms with Crippen molar-refractivity contribution in [3.8, 4) is 0 Å². The number of carbonyl (C=O) groups excluding carboxylic acids is 2. The van der Waals surface area contributed by atoms with Crippen molar-refractivity contribution in [3.05, 3.63) is 53.3 Å². The van der Waals surface area contributed by atoms with E-state index in [-0.39, 0.29) is 23.4 Å². The van der Waals surface area contributed by atoms with Crippen LogP contribution in [0.5, 0.6) is 0 Å². The van der Waals surface area contributed by atoms with Crippen molar-refractivity contribution in [2.45, 2.75) is 20.3 Å². The number of hydrogen-bond donors (Lipinski definition) is 3. The van der Waals surface area contributed by atoms with Crippen LogP contribution in [0.1, 0.15) is 20.3 Å². The molecular weight excluding hydrogens is 357 g/mol. The number of nitrogens with one attached hydrogen (secondary N) is 3. The van der Waals surface area contributed by atoms with Gasteiger partial charge in [0.2, 0.25) is 11.8 Å². The summed E-state index contributed by atoms with van der Waals surface area (Å²) in [5, 5.41) is 8.37. The quantitative estimate of drug-likeness (QED) is 0.664. The van der Waals surface area contributed by atoms with E-state index in [1.807, 2.05) is 13.8 Å². The van der Waals surface area contributed by atoms with Gasteiger partial charge >= 0.3 is 0 Å². The molecule has 0 fully saturated rings. The van der Waals surface area contributed by atoms with Crippen LogP contribution in [0.4, 0.5) is 21.5 Å². The highest BCUT2D eigenvalue weighted by Crippen LogP contribution is 2.19. The number of carbonyl (C=O) groups is 2. The molecule has 0 aliphatic heterocycles. The molecule has 2 aromatic rings. The van der Waals surface area contributed by atoms with Gasteiger partial charge in [0.1, 0.15) is 5.82 Å². The topological polar surface area (TPSA) is 70.2 Å². The second-order valence-corrected chi connectivity index (χ2v) is 6.66. The molecule has 7 heteroatoms. The lowest BCUT2D eigenvalue weighted by Gasteiger charge is -2.10. The van der Waals surface area contributed by atoms with Gasteiger partial charge in [0.25, 0.3) is 0 Å². The van der Waals surface area contributed by atoms with Crippen LogP contribution in [-0.2, 0) is 9.59 Å². The third-order valence-corrected chi connectivity index (χ3v) is 3.71. The molecule has 0 atom stereocenters. The molecular formula is C19H21ClFN3O2. The number of halogens is 2. The SMILES string of the molecule is CC(C)CC(=O)Nc1ccc(NCC(=O)Nc2ccc(F)c(Cl)c2)cc1. The van der Waals surface area contributed by atoms with Gasteiger partial charge in [-0.15, -0.1) is 0 Å². The summed E-state index contributed by atoms with van der Waals surface area (Å²) in [7, 11) is 0. The van der Waals surface area contributed by atoms with Gasteiger partial charge < -0.3 is 16.0 Å². The Morgan fingerprint density at radius 3 is 2.15 bits per heavy atom. The molecule has 0 aliphatic rings. The van der Waals surface area contributed by atoms with Crippen LogP contribution in [0.25, 0.3) is 0 Å². The molecule has 0 heterocycles. The minimum absolute atomic E-state index is 0.0296. The average molecular weight is 378 g/mol. The molecule has 0 radical (unpaired) electrons. The van der Waals surface area contributed by atoms with E-state index < -0.39 is 5.82 Å². The van der Waals surface area contributed by atoms with E-state index in [9.17, 15) is 14.0 Å². The largest absolute Gasteiger partial charge is 0.376 e. The lowest BCUT2D eigenvalue weighted by atomic mass is 10.1. The maximum absolute atomic E-state index is 13.1. The molecule has 0 aliphatic carbocycles. The predicted octanol–water partition coefficient (Wildman–Crippen LogP) is 4.51. The van der Waals surface area contributed by atoms with Crippen molar-refractivity contribution >= 4 is 40.5 Å². The summed E-state index contributed by atoms with van der Waals surface area (Å²) in [5.41, 5.74) is 1.86. The third-order valence-electron chi connectivity index (χ3n) is 3.42. The average Bonchev–Trinajstić information content (AvgIpc) is 2.57. The van der Waals surface area contributed by atoms with E-state index in [1.165, 1.54) is 18.2 Å². The molecule has 0 spiro atoms. The summed E-state index contributed by atoms with van der Waals surface area (Å²) in [6.45, 7) is 4.00. The van der Waals surface area contributed by atoms with Crippen molar-refractivity contribution < 1.29 is 14.0 Å². The number of amides is 2. The smallest absolute Gasteiger partial charge is 0.243 e. The second kappa shape index (κ2) is 9.20. The molecule has 138 valence electrons. The van der Waals surface area contributed by atoms with Crippen LogP contribution in [0.15, 0.2) is 42.5 Å². The van der Waals surface area contributed by atoms with E-state index in [0.29, 0.717) is 23.7 Å². The highest BCUT2D eigenvalue weighted by molar-refractivity contribution is 6.31.